The van der Waals surface area contributed by atoms with Crippen molar-refractivity contribution >= 4 is 29.0 Å². The molecule has 5 nitrogen and oxygen atoms in total. The zero-order valence-electron chi connectivity index (χ0n) is 13.3. The topological polar surface area (TPSA) is 65.5 Å². The Balaban J connectivity index is 1.74. The van der Waals surface area contributed by atoms with Crippen molar-refractivity contribution in [2.45, 2.75) is 19.3 Å². The van der Waals surface area contributed by atoms with Crippen LogP contribution < -0.4 is 10.2 Å². The van der Waals surface area contributed by atoms with Crippen molar-refractivity contribution < 1.29 is 9.90 Å². The lowest BCUT2D eigenvalue weighted by Gasteiger charge is -2.17. The Labute approximate surface area is 146 Å². The number of nitrogens with zero attached hydrogens (tertiary/aromatic N) is 2. The van der Waals surface area contributed by atoms with Crippen LogP contribution in [0.4, 0.5) is 11.5 Å². The van der Waals surface area contributed by atoms with Crippen LogP contribution >= 0.6 is 11.6 Å². The van der Waals surface area contributed by atoms with E-state index in [9.17, 15) is 4.79 Å². The van der Waals surface area contributed by atoms with Gasteiger partial charge >= 0.3 is 0 Å². The number of hydrogen-bond donors (Lipinski definition) is 2. The summed E-state index contributed by atoms with van der Waals surface area (Å²) in [5, 5.41) is 12.1. The average molecular weight is 346 g/mol. The molecule has 0 bridgehead atoms. The predicted octanol–water partition coefficient (Wildman–Crippen LogP) is 3.12. The van der Waals surface area contributed by atoms with E-state index in [2.05, 4.69) is 15.2 Å². The number of nitrogens with one attached hydrogen (secondary N) is 1. The fourth-order valence-electron chi connectivity index (χ4n) is 2.81. The van der Waals surface area contributed by atoms with Gasteiger partial charge in [0, 0.05) is 30.9 Å². The third-order valence-corrected chi connectivity index (χ3v) is 4.28. The average Bonchev–Trinajstić information content (AvgIpc) is 3.11. The molecular weight excluding hydrogens is 326 g/mol. The van der Waals surface area contributed by atoms with Gasteiger partial charge in [-0.05, 0) is 49.1 Å². The molecule has 0 atom stereocenters. The van der Waals surface area contributed by atoms with Crippen LogP contribution in [0.5, 0.6) is 0 Å². The molecule has 2 aromatic rings. The lowest BCUT2D eigenvalue weighted by Crippen LogP contribution is -2.20. The fraction of sp³-hybridized carbons (Fsp3) is 0.333. The van der Waals surface area contributed by atoms with Gasteiger partial charge in [-0.1, -0.05) is 23.7 Å². The maximum Gasteiger partial charge on any atom is 0.255 e. The molecule has 0 aliphatic carbocycles. The van der Waals surface area contributed by atoms with Gasteiger partial charge in [0.1, 0.15) is 11.0 Å². The second kappa shape index (κ2) is 7.64. The molecule has 1 aliphatic rings. The highest BCUT2D eigenvalue weighted by Gasteiger charge is 2.17. The molecule has 1 amide bonds. The second-order valence-corrected chi connectivity index (χ2v) is 6.24. The van der Waals surface area contributed by atoms with Crippen LogP contribution in [0.1, 0.15) is 28.8 Å². The second-order valence-electron chi connectivity index (χ2n) is 5.86. The molecule has 2 heterocycles. The van der Waals surface area contributed by atoms with E-state index >= 15 is 0 Å². The predicted molar refractivity (Wildman–Crippen MR) is 95.9 cm³/mol. The van der Waals surface area contributed by atoms with Gasteiger partial charge in [-0.2, -0.15) is 0 Å². The third kappa shape index (κ3) is 4.04. The smallest absolute Gasteiger partial charge is 0.255 e. The van der Waals surface area contributed by atoms with Crippen molar-refractivity contribution in [3.05, 3.63) is 52.7 Å². The zero-order chi connectivity index (χ0) is 16.9. The van der Waals surface area contributed by atoms with Crippen molar-refractivity contribution in [2.24, 2.45) is 0 Å². The van der Waals surface area contributed by atoms with Gasteiger partial charge in [0.25, 0.3) is 5.91 Å². The molecule has 24 heavy (non-hydrogen) atoms. The molecule has 0 saturated carbocycles. The number of carbonyl (C=O) groups excluding carboxylic acids is 1. The molecule has 6 heteroatoms. The Bertz CT molecular complexity index is 713. The fourth-order valence-corrected chi connectivity index (χ4v) is 3.01. The van der Waals surface area contributed by atoms with Crippen LogP contribution in [0.3, 0.4) is 0 Å². The maximum absolute atomic E-state index is 12.5. The van der Waals surface area contributed by atoms with E-state index < -0.39 is 0 Å². The molecule has 1 aromatic carbocycles. The monoisotopic (exact) mass is 345 g/mol. The first-order valence-corrected chi connectivity index (χ1v) is 8.47. The first kappa shape index (κ1) is 16.7. The van der Waals surface area contributed by atoms with Gasteiger partial charge in [-0.15, -0.1) is 0 Å². The quantitative estimate of drug-likeness (QED) is 0.817. The summed E-state index contributed by atoms with van der Waals surface area (Å²) in [6.45, 7) is 2.00. The SMILES string of the molecule is O=C(Nc1ccc(CCO)cc1)c1cc(Cl)nc(N2CCCC2)c1. The molecule has 126 valence electrons. The molecule has 1 saturated heterocycles. The number of aromatic nitrogens is 1. The minimum absolute atomic E-state index is 0.112. The van der Waals surface area contributed by atoms with Gasteiger partial charge in [-0.3, -0.25) is 4.79 Å². The molecule has 2 N–H and O–H groups in total. The van der Waals surface area contributed by atoms with E-state index in [-0.39, 0.29) is 12.5 Å². The summed E-state index contributed by atoms with van der Waals surface area (Å²) in [6, 6.07) is 10.8. The van der Waals surface area contributed by atoms with E-state index in [4.69, 9.17) is 16.7 Å². The maximum atomic E-state index is 12.5. The number of anilines is 2. The van der Waals surface area contributed by atoms with Crippen LogP contribution in [-0.2, 0) is 6.42 Å². The summed E-state index contributed by atoms with van der Waals surface area (Å²) in [4.78, 5) is 19.0. The van der Waals surface area contributed by atoms with Crippen LogP contribution in [0.2, 0.25) is 5.15 Å². The van der Waals surface area contributed by atoms with Crippen molar-refractivity contribution in [1.82, 2.24) is 4.98 Å². The summed E-state index contributed by atoms with van der Waals surface area (Å²) in [5.74, 6) is 0.540. The number of carbonyl (C=O) groups is 1. The number of hydrogen-bond acceptors (Lipinski definition) is 4. The Morgan fingerprint density at radius 3 is 2.58 bits per heavy atom. The largest absolute Gasteiger partial charge is 0.396 e. The minimum Gasteiger partial charge on any atom is -0.396 e. The molecule has 0 spiro atoms. The molecule has 3 rings (SSSR count). The highest BCUT2D eigenvalue weighted by molar-refractivity contribution is 6.30. The molecule has 1 aliphatic heterocycles. The molecule has 0 unspecified atom stereocenters. The van der Waals surface area contributed by atoms with Crippen molar-refractivity contribution in [1.29, 1.82) is 0 Å². The molecule has 1 aromatic heterocycles. The van der Waals surface area contributed by atoms with Crippen LogP contribution in [0.25, 0.3) is 0 Å². The lowest BCUT2D eigenvalue weighted by molar-refractivity contribution is 0.102. The van der Waals surface area contributed by atoms with Crippen molar-refractivity contribution in [3.63, 3.8) is 0 Å². The Kier molecular flexibility index (Phi) is 5.33. The van der Waals surface area contributed by atoms with Gasteiger partial charge in [0.05, 0.1) is 0 Å². The molecule has 1 fully saturated rings. The minimum atomic E-state index is -0.213. The number of amides is 1. The highest BCUT2D eigenvalue weighted by Crippen LogP contribution is 2.23. The van der Waals surface area contributed by atoms with E-state index in [1.807, 2.05) is 24.3 Å². The first-order chi connectivity index (χ1) is 11.7. The molecule has 0 radical (unpaired) electrons. The zero-order valence-corrected chi connectivity index (χ0v) is 14.1. The van der Waals surface area contributed by atoms with Gasteiger partial charge < -0.3 is 15.3 Å². The van der Waals surface area contributed by atoms with E-state index in [1.54, 1.807) is 12.1 Å². The first-order valence-electron chi connectivity index (χ1n) is 8.09. The lowest BCUT2D eigenvalue weighted by atomic mass is 10.1. The number of benzene rings is 1. The standard InChI is InChI=1S/C18H20ClN3O2/c19-16-11-14(12-17(21-16)22-8-1-2-9-22)18(24)20-15-5-3-13(4-6-15)7-10-23/h3-6,11-12,23H,1-2,7-10H2,(H,20,24). The molecular formula is C18H20ClN3O2. The normalized spacial score (nSPS) is 14.0. The highest BCUT2D eigenvalue weighted by atomic mass is 35.5. The van der Waals surface area contributed by atoms with Crippen LogP contribution in [-0.4, -0.2) is 35.7 Å². The summed E-state index contributed by atoms with van der Waals surface area (Å²) in [5.41, 5.74) is 2.23. The summed E-state index contributed by atoms with van der Waals surface area (Å²) in [6.07, 6.45) is 2.87. The Hall–Kier alpha value is -2.11. The van der Waals surface area contributed by atoms with E-state index in [0.29, 0.717) is 22.8 Å². The summed E-state index contributed by atoms with van der Waals surface area (Å²) >= 11 is 6.09. The Morgan fingerprint density at radius 2 is 1.92 bits per heavy atom. The van der Waals surface area contributed by atoms with E-state index in [1.165, 1.54) is 0 Å². The van der Waals surface area contributed by atoms with Crippen LogP contribution in [0, 0.1) is 0 Å². The van der Waals surface area contributed by atoms with Gasteiger partial charge in [0.2, 0.25) is 0 Å². The van der Waals surface area contributed by atoms with Crippen molar-refractivity contribution in [2.75, 3.05) is 29.9 Å². The van der Waals surface area contributed by atoms with Gasteiger partial charge in [0.15, 0.2) is 0 Å². The van der Waals surface area contributed by atoms with E-state index in [0.717, 1.165) is 37.3 Å². The number of pyridine rings is 1. The number of halogens is 1. The van der Waals surface area contributed by atoms with Crippen molar-refractivity contribution in [3.8, 4) is 0 Å². The van der Waals surface area contributed by atoms with Gasteiger partial charge in [-0.25, -0.2) is 4.98 Å². The number of aliphatic hydroxyl groups is 1. The third-order valence-electron chi connectivity index (χ3n) is 4.09. The summed E-state index contributed by atoms with van der Waals surface area (Å²) < 4.78 is 0. The Morgan fingerprint density at radius 1 is 1.21 bits per heavy atom. The van der Waals surface area contributed by atoms with Crippen LogP contribution in [0.15, 0.2) is 36.4 Å². The number of rotatable bonds is 5. The number of aliphatic hydroxyl groups excluding tert-OH is 1. The summed E-state index contributed by atoms with van der Waals surface area (Å²) in [7, 11) is 0.